The van der Waals surface area contributed by atoms with Crippen LogP contribution in [0.25, 0.3) is 0 Å². The number of nitrogens with zero attached hydrogens (tertiary/aromatic N) is 2. The predicted octanol–water partition coefficient (Wildman–Crippen LogP) is 3.56. The zero-order chi connectivity index (χ0) is 18.6. The van der Waals surface area contributed by atoms with Gasteiger partial charge in [0.2, 0.25) is 0 Å². The number of halogens is 1. The molecule has 6 nitrogen and oxygen atoms in total. The fourth-order valence-corrected chi connectivity index (χ4v) is 3.45. The average molecular weight is 502 g/mol. The molecular weight excluding hydrogens is 475 g/mol. The first-order valence-electron chi connectivity index (χ1n) is 8.73. The van der Waals surface area contributed by atoms with Gasteiger partial charge in [-0.15, -0.1) is 35.3 Å². The topological polar surface area (TPSA) is 67.8 Å². The normalized spacial score (nSPS) is 16.4. The van der Waals surface area contributed by atoms with E-state index in [0.717, 1.165) is 28.2 Å². The largest absolute Gasteiger partial charge is 0.486 e. The summed E-state index contributed by atoms with van der Waals surface area (Å²) in [6.45, 7) is 8.28. The predicted molar refractivity (Wildman–Crippen MR) is 121 cm³/mol. The number of ether oxygens (including phenoxy) is 2. The number of nitrogens with one attached hydrogen (secondary N) is 2. The van der Waals surface area contributed by atoms with Crippen molar-refractivity contribution in [2.24, 2.45) is 4.99 Å². The van der Waals surface area contributed by atoms with E-state index in [-0.39, 0.29) is 35.5 Å². The number of guanidine groups is 1. The van der Waals surface area contributed by atoms with Crippen LogP contribution >= 0.6 is 35.3 Å². The van der Waals surface area contributed by atoms with Crippen LogP contribution in [-0.2, 0) is 12.0 Å². The summed E-state index contributed by atoms with van der Waals surface area (Å²) in [4.78, 5) is 8.95. The summed E-state index contributed by atoms with van der Waals surface area (Å²) < 4.78 is 11.7. The van der Waals surface area contributed by atoms with Crippen molar-refractivity contribution in [3.63, 3.8) is 0 Å². The first-order valence-corrected chi connectivity index (χ1v) is 9.61. The smallest absolute Gasteiger partial charge is 0.191 e. The molecule has 1 unspecified atom stereocenters. The Morgan fingerprint density at radius 3 is 2.67 bits per heavy atom. The van der Waals surface area contributed by atoms with Crippen molar-refractivity contribution in [1.82, 2.24) is 15.6 Å². The summed E-state index contributed by atoms with van der Waals surface area (Å²) in [7, 11) is 1.76. The van der Waals surface area contributed by atoms with Crippen molar-refractivity contribution in [3.05, 3.63) is 40.3 Å². The second-order valence-electron chi connectivity index (χ2n) is 7.18. The third-order valence-electron chi connectivity index (χ3n) is 4.02. The highest BCUT2D eigenvalue weighted by atomic mass is 127. The number of thiazole rings is 1. The molecule has 0 fully saturated rings. The van der Waals surface area contributed by atoms with E-state index in [4.69, 9.17) is 14.5 Å². The maximum Gasteiger partial charge on any atom is 0.191 e. The Morgan fingerprint density at radius 2 is 2.00 bits per heavy atom. The highest BCUT2D eigenvalue weighted by Crippen LogP contribution is 2.30. The number of hydrogen-bond donors (Lipinski definition) is 2. The second-order valence-corrected chi connectivity index (χ2v) is 8.12. The van der Waals surface area contributed by atoms with Crippen molar-refractivity contribution in [2.75, 3.05) is 20.2 Å². The molecule has 1 aromatic heterocycles. The average Bonchev–Trinajstić information content (AvgIpc) is 3.11. The lowest BCUT2D eigenvalue weighted by atomic mass is 9.93. The van der Waals surface area contributed by atoms with Crippen molar-refractivity contribution < 1.29 is 9.47 Å². The van der Waals surface area contributed by atoms with Gasteiger partial charge >= 0.3 is 0 Å². The van der Waals surface area contributed by atoms with Crippen LogP contribution in [-0.4, -0.2) is 37.2 Å². The van der Waals surface area contributed by atoms with E-state index in [9.17, 15) is 0 Å². The SMILES string of the molecule is CN=C(NCc1nc(C(C)(C)C)cs1)NCC1COc2ccccc2O1.I. The second kappa shape index (κ2) is 9.59. The third kappa shape index (κ3) is 5.97. The molecule has 0 saturated carbocycles. The van der Waals surface area contributed by atoms with Crippen LogP contribution in [0.15, 0.2) is 34.6 Å². The Kier molecular flexibility index (Phi) is 7.72. The summed E-state index contributed by atoms with van der Waals surface area (Å²) >= 11 is 1.67. The van der Waals surface area contributed by atoms with E-state index in [0.29, 0.717) is 19.7 Å². The molecular formula is C19H27IN4O2S. The molecule has 2 heterocycles. The van der Waals surface area contributed by atoms with Gasteiger partial charge in [-0.25, -0.2) is 4.98 Å². The van der Waals surface area contributed by atoms with Crippen LogP contribution in [0.2, 0.25) is 0 Å². The van der Waals surface area contributed by atoms with Gasteiger partial charge in [-0.3, -0.25) is 4.99 Å². The van der Waals surface area contributed by atoms with Crippen molar-refractivity contribution in [3.8, 4) is 11.5 Å². The molecule has 0 saturated heterocycles. The van der Waals surface area contributed by atoms with E-state index in [1.807, 2.05) is 24.3 Å². The van der Waals surface area contributed by atoms with E-state index in [2.05, 4.69) is 41.8 Å². The Bertz CT molecular complexity index is 773. The minimum absolute atomic E-state index is 0. The Labute approximate surface area is 181 Å². The molecule has 1 aliphatic rings. The van der Waals surface area contributed by atoms with Gasteiger partial charge < -0.3 is 20.1 Å². The molecule has 0 bridgehead atoms. The molecule has 8 heteroatoms. The van der Waals surface area contributed by atoms with Gasteiger partial charge in [-0.1, -0.05) is 32.9 Å². The number of para-hydroxylation sites is 2. The molecule has 2 N–H and O–H groups in total. The third-order valence-corrected chi connectivity index (χ3v) is 4.86. The lowest BCUT2D eigenvalue weighted by Gasteiger charge is -2.27. The van der Waals surface area contributed by atoms with Gasteiger partial charge in [-0.05, 0) is 12.1 Å². The first-order chi connectivity index (χ1) is 12.5. The number of fused-ring (bicyclic) bond motifs is 1. The van der Waals surface area contributed by atoms with E-state index >= 15 is 0 Å². The molecule has 2 aromatic rings. The minimum atomic E-state index is -0.0594. The summed E-state index contributed by atoms with van der Waals surface area (Å²) in [6.07, 6.45) is -0.0594. The maximum atomic E-state index is 5.95. The summed E-state index contributed by atoms with van der Waals surface area (Å²) in [5.41, 5.74) is 1.19. The van der Waals surface area contributed by atoms with Gasteiger partial charge in [0.15, 0.2) is 17.5 Å². The van der Waals surface area contributed by atoms with E-state index in [1.165, 1.54) is 0 Å². The van der Waals surface area contributed by atoms with Gasteiger partial charge in [-0.2, -0.15) is 0 Å². The quantitative estimate of drug-likeness (QED) is 0.380. The molecule has 27 heavy (non-hydrogen) atoms. The summed E-state index contributed by atoms with van der Waals surface area (Å²) in [6, 6.07) is 7.72. The Morgan fingerprint density at radius 1 is 1.26 bits per heavy atom. The van der Waals surface area contributed by atoms with Crippen LogP contribution in [0.1, 0.15) is 31.5 Å². The highest BCUT2D eigenvalue weighted by molar-refractivity contribution is 14.0. The fraction of sp³-hybridized carbons (Fsp3) is 0.474. The number of hydrogen-bond acceptors (Lipinski definition) is 5. The molecule has 0 aliphatic carbocycles. The monoisotopic (exact) mass is 502 g/mol. The molecule has 1 aliphatic heterocycles. The van der Waals surface area contributed by atoms with Gasteiger partial charge in [0.1, 0.15) is 17.7 Å². The van der Waals surface area contributed by atoms with Crippen LogP contribution in [0.5, 0.6) is 11.5 Å². The molecule has 1 atom stereocenters. The first kappa shape index (κ1) is 21.7. The number of benzene rings is 1. The number of rotatable bonds is 4. The lowest BCUT2D eigenvalue weighted by Crippen LogP contribution is -2.45. The summed E-state index contributed by atoms with van der Waals surface area (Å²) in [5.74, 6) is 2.30. The van der Waals surface area contributed by atoms with E-state index < -0.39 is 0 Å². The lowest BCUT2D eigenvalue weighted by molar-refractivity contribution is 0.0936. The zero-order valence-electron chi connectivity index (χ0n) is 16.1. The Balaban J connectivity index is 0.00000261. The standard InChI is InChI=1S/C19H26N4O2S.HI/c1-19(2,3)16-12-26-17(23-16)10-22-18(20-4)21-9-13-11-24-14-7-5-6-8-15(14)25-13;/h5-8,12-13H,9-11H2,1-4H3,(H2,20,21,22);1H. The number of aliphatic imine (C=N–C) groups is 1. The summed E-state index contributed by atoms with van der Waals surface area (Å²) in [5, 5.41) is 9.76. The van der Waals surface area contributed by atoms with Crippen LogP contribution in [0.4, 0.5) is 0 Å². The highest BCUT2D eigenvalue weighted by Gasteiger charge is 2.21. The molecule has 0 amide bonds. The fourth-order valence-electron chi connectivity index (χ4n) is 2.49. The van der Waals surface area contributed by atoms with Gasteiger partial charge in [0.05, 0.1) is 18.8 Å². The van der Waals surface area contributed by atoms with Crippen LogP contribution in [0.3, 0.4) is 0 Å². The number of aromatic nitrogens is 1. The molecule has 0 spiro atoms. The minimum Gasteiger partial charge on any atom is -0.486 e. The van der Waals surface area contributed by atoms with Gasteiger partial charge in [0, 0.05) is 17.8 Å². The van der Waals surface area contributed by atoms with Gasteiger partial charge in [0.25, 0.3) is 0 Å². The van der Waals surface area contributed by atoms with Crippen molar-refractivity contribution in [2.45, 2.75) is 38.8 Å². The van der Waals surface area contributed by atoms with E-state index in [1.54, 1.807) is 18.4 Å². The van der Waals surface area contributed by atoms with Crippen LogP contribution in [0, 0.1) is 0 Å². The molecule has 0 radical (unpaired) electrons. The molecule has 1 aromatic carbocycles. The zero-order valence-corrected chi connectivity index (χ0v) is 19.3. The Hall–Kier alpha value is -1.55. The van der Waals surface area contributed by atoms with Crippen molar-refractivity contribution >= 4 is 41.3 Å². The van der Waals surface area contributed by atoms with Crippen molar-refractivity contribution in [1.29, 1.82) is 0 Å². The van der Waals surface area contributed by atoms with Crippen LogP contribution < -0.4 is 20.1 Å². The maximum absolute atomic E-state index is 5.95. The molecule has 3 rings (SSSR count). The molecule has 148 valence electrons.